The minimum absolute atomic E-state index is 0.0146. The van der Waals surface area contributed by atoms with Crippen LogP contribution in [-0.2, 0) is 4.74 Å². The van der Waals surface area contributed by atoms with Gasteiger partial charge in [0.25, 0.3) is 5.91 Å². The van der Waals surface area contributed by atoms with Crippen molar-refractivity contribution in [1.82, 2.24) is 10.2 Å². The number of morpholine rings is 1. The zero-order valence-electron chi connectivity index (χ0n) is 12.4. The minimum Gasteiger partial charge on any atom is -0.379 e. The second-order valence-electron chi connectivity index (χ2n) is 5.49. The minimum atomic E-state index is 0.0146. The van der Waals surface area contributed by atoms with Crippen LogP contribution in [0, 0.1) is 0 Å². The van der Waals surface area contributed by atoms with Crippen LogP contribution >= 0.6 is 0 Å². The molecule has 0 saturated carbocycles. The van der Waals surface area contributed by atoms with Gasteiger partial charge >= 0.3 is 0 Å². The van der Waals surface area contributed by atoms with Gasteiger partial charge in [-0.05, 0) is 23.6 Å². The van der Waals surface area contributed by atoms with E-state index in [0.29, 0.717) is 12.5 Å². The van der Waals surface area contributed by atoms with Crippen LogP contribution in [-0.4, -0.2) is 50.2 Å². The first-order valence-corrected chi connectivity index (χ1v) is 7.35. The van der Waals surface area contributed by atoms with Gasteiger partial charge in [0.15, 0.2) is 0 Å². The number of hydrogen-bond acceptors (Lipinski definition) is 3. The highest BCUT2D eigenvalue weighted by Gasteiger charge is 2.11. The van der Waals surface area contributed by atoms with Crippen molar-refractivity contribution in [3.05, 3.63) is 35.4 Å². The van der Waals surface area contributed by atoms with Crippen molar-refractivity contribution < 1.29 is 9.53 Å². The first kappa shape index (κ1) is 15.0. The molecular weight excluding hydrogens is 252 g/mol. The van der Waals surface area contributed by atoms with Gasteiger partial charge in [-0.25, -0.2) is 0 Å². The lowest BCUT2D eigenvalue weighted by molar-refractivity contribution is 0.0383. The fourth-order valence-electron chi connectivity index (χ4n) is 2.29. The SMILES string of the molecule is CC(C)c1cccc(C(=O)NCCN2CCOCC2)c1. The van der Waals surface area contributed by atoms with E-state index < -0.39 is 0 Å². The highest BCUT2D eigenvalue weighted by Crippen LogP contribution is 2.15. The molecule has 1 aliphatic rings. The van der Waals surface area contributed by atoms with Crippen LogP contribution < -0.4 is 5.32 Å². The number of carbonyl (C=O) groups is 1. The standard InChI is InChI=1S/C16H24N2O2/c1-13(2)14-4-3-5-15(12-14)16(19)17-6-7-18-8-10-20-11-9-18/h3-5,12-13H,6-11H2,1-2H3,(H,17,19). The summed E-state index contributed by atoms with van der Waals surface area (Å²) in [4.78, 5) is 14.4. The van der Waals surface area contributed by atoms with Crippen LogP contribution in [0.5, 0.6) is 0 Å². The summed E-state index contributed by atoms with van der Waals surface area (Å²) in [6.07, 6.45) is 0. The van der Waals surface area contributed by atoms with Gasteiger partial charge in [-0.1, -0.05) is 26.0 Å². The molecule has 1 N–H and O–H groups in total. The molecule has 0 bridgehead atoms. The van der Waals surface area contributed by atoms with Crippen molar-refractivity contribution in [1.29, 1.82) is 0 Å². The number of benzene rings is 1. The zero-order valence-corrected chi connectivity index (χ0v) is 12.4. The summed E-state index contributed by atoms with van der Waals surface area (Å²) in [7, 11) is 0. The number of rotatable bonds is 5. The fourth-order valence-corrected chi connectivity index (χ4v) is 2.29. The van der Waals surface area contributed by atoms with E-state index in [0.717, 1.165) is 38.4 Å². The Morgan fingerprint density at radius 2 is 2.10 bits per heavy atom. The number of nitrogens with zero attached hydrogens (tertiary/aromatic N) is 1. The van der Waals surface area contributed by atoms with Gasteiger partial charge in [0.2, 0.25) is 0 Å². The smallest absolute Gasteiger partial charge is 0.251 e. The van der Waals surface area contributed by atoms with Crippen LogP contribution in [0.1, 0.15) is 35.7 Å². The van der Waals surface area contributed by atoms with Crippen molar-refractivity contribution in [3.8, 4) is 0 Å². The van der Waals surface area contributed by atoms with E-state index in [9.17, 15) is 4.79 Å². The quantitative estimate of drug-likeness (QED) is 0.892. The van der Waals surface area contributed by atoms with Gasteiger partial charge in [0.1, 0.15) is 0 Å². The Labute approximate surface area is 121 Å². The van der Waals surface area contributed by atoms with Gasteiger partial charge in [0.05, 0.1) is 13.2 Å². The van der Waals surface area contributed by atoms with Gasteiger partial charge in [-0.2, -0.15) is 0 Å². The zero-order chi connectivity index (χ0) is 14.4. The summed E-state index contributed by atoms with van der Waals surface area (Å²) in [6.45, 7) is 9.35. The topological polar surface area (TPSA) is 41.6 Å². The molecule has 110 valence electrons. The molecule has 1 aliphatic heterocycles. The third kappa shape index (κ3) is 4.32. The lowest BCUT2D eigenvalue weighted by atomic mass is 10.0. The molecule has 0 aliphatic carbocycles. The molecule has 0 spiro atoms. The summed E-state index contributed by atoms with van der Waals surface area (Å²) >= 11 is 0. The number of hydrogen-bond donors (Lipinski definition) is 1. The summed E-state index contributed by atoms with van der Waals surface area (Å²) in [5.41, 5.74) is 1.95. The second-order valence-corrected chi connectivity index (χ2v) is 5.49. The average Bonchev–Trinajstić information content (AvgIpc) is 2.48. The summed E-state index contributed by atoms with van der Waals surface area (Å²) in [5.74, 6) is 0.455. The molecule has 1 amide bonds. The lowest BCUT2D eigenvalue weighted by Gasteiger charge is -2.26. The van der Waals surface area contributed by atoms with Crippen molar-refractivity contribution in [2.45, 2.75) is 19.8 Å². The molecule has 2 rings (SSSR count). The van der Waals surface area contributed by atoms with E-state index in [4.69, 9.17) is 4.74 Å². The van der Waals surface area contributed by atoms with Crippen molar-refractivity contribution in [2.24, 2.45) is 0 Å². The maximum atomic E-state index is 12.1. The average molecular weight is 276 g/mol. The van der Waals surface area contributed by atoms with E-state index >= 15 is 0 Å². The van der Waals surface area contributed by atoms with Crippen LogP contribution in [0.25, 0.3) is 0 Å². The molecule has 1 saturated heterocycles. The molecular formula is C16H24N2O2. The van der Waals surface area contributed by atoms with E-state index in [1.165, 1.54) is 5.56 Å². The van der Waals surface area contributed by atoms with Crippen LogP contribution in [0.4, 0.5) is 0 Å². The first-order chi connectivity index (χ1) is 9.66. The molecule has 1 aromatic rings. The third-order valence-electron chi connectivity index (χ3n) is 3.63. The Hall–Kier alpha value is -1.39. The lowest BCUT2D eigenvalue weighted by Crippen LogP contribution is -2.41. The van der Waals surface area contributed by atoms with Gasteiger partial charge in [-0.15, -0.1) is 0 Å². The molecule has 1 aromatic carbocycles. The Morgan fingerprint density at radius 1 is 1.35 bits per heavy atom. The van der Waals surface area contributed by atoms with Crippen LogP contribution in [0.15, 0.2) is 24.3 Å². The molecule has 1 fully saturated rings. The summed E-state index contributed by atoms with van der Waals surface area (Å²) < 4.78 is 5.30. The molecule has 20 heavy (non-hydrogen) atoms. The highest BCUT2D eigenvalue weighted by molar-refractivity contribution is 5.94. The molecule has 0 unspecified atom stereocenters. The Balaban J connectivity index is 1.80. The molecule has 0 atom stereocenters. The predicted molar refractivity (Wildman–Crippen MR) is 80.1 cm³/mol. The Kier molecular flexibility index (Phi) is 5.56. The van der Waals surface area contributed by atoms with Crippen LogP contribution in [0.3, 0.4) is 0 Å². The fraction of sp³-hybridized carbons (Fsp3) is 0.562. The van der Waals surface area contributed by atoms with E-state index in [1.807, 2.05) is 18.2 Å². The third-order valence-corrected chi connectivity index (χ3v) is 3.63. The number of ether oxygens (including phenoxy) is 1. The Morgan fingerprint density at radius 3 is 2.80 bits per heavy atom. The van der Waals surface area contributed by atoms with Gasteiger partial charge in [0, 0.05) is 31.7 Å². The molecule has 0 aromatic heterocycles. The number of amides is 1. The molecule has 0 radical (unpaired) electrons. The maximum absolute atomic E-state index is 12.1. The monoisotopic (exact) mass is 276 g/mol. The van der Waals surface area contributed by atoms with Crippen molar-refractivity contribution in [2.75, 3.05) is 39.4 Å². The van der Waals surface area contributed by atoms with E-state index in [-0.39, 0.29) is 5.91 Å². The highest BCUT2D eigenvalue weighted by atomic mass is 16.5. The predicted octanol–water partition coefficient (Wildman–Crippen LogP) is 1.87. The summed E-state index contributed by atoms with van der Waals surface area (Å²) in [5, 5.41) is 2.99. The van der Waals surface area contributed by atoms with Crippen LogP contribution in [0.2, 0.25) is 0 Å². The number of carbonyl (C=O) groups excluding carboxylic acids is 1. The van der Waals surface area contributed by atoms with Gasteiger partial charge in [-0.3, -0.25) is 9.69 Å². The number of nitrogens with one attached hydrogen (secondary N) is 1. The van der Waals surface area contributed by atoms with E-state index in [1.54, 1.807) is 0 Å². The second kappa shape index (κ2) is 7.41. The van der Waals surface area contributed by atoms with E-state index in [2.05, 4.69) is 30.1 Å². The van der Waals surface area contributed by atoms with Gasteiger partial charge < -0.3 is 10.1 Å². The van der Waals surface area contributed by atoms with Crippen molar-refractivity contribution >= 4 is 5.91 Å². The Bertz CT molecular complexity index is 440. The largest absolute Gasteiger partial charge is 0.379 e. The molecule has 1 heterocycles. The maximum Gasteiger partial charge on any atom is 0.251 e. The molecule has 4 heteroatoms. The van der Waals surface area contributed by atoms with Crippen molar-refractivity contribution in [3.63, 3.8) is 0 Å². The summed E-state index contributed by atoms with van der Waals surface area (Å²) in [6, 6.07) is 7.87. The normalized spacial score (nSPS) is 16.4. The molecule has 4 nitrogen and oxygen atoms in total. The first-order valence-electron chi connectivity index (χ1n) is 7.35.